The van der Waals surface area contributed by atoms with Gasteiger partial charge >= 0.3 is 0 Å². The van der Waals surface area contributed by atoms with Crippen molar-refractivity contribution in [1.82, 2.24) is 9.97 Å². The van der Waals surface area contributed by atoms with Gasteiger partial charge in [0.1, 0.15) is 5.37 Å². The molecule has 0 saturated carbocycles. The van der Waals surface area contributed by atoms with E-state index in [0.717, 1.165) is 14.5 Å². The van der Waals surface area contributed by atoms with Gasteiger partial charge in [0.25, 0.3) is 0 Å². The van der Waals surface area contributed by atoms with Gasteiger partial charge in [0.15, 0.2) is 0 Å². The Morgan fingerprint density at radius 3 is 2.45 bits per heavy atom. The maximum absolute atomic E-state index is 12.2. The molecule has 1 aromatic carbocycles. The molecule has 0 N–H and O–H groups in total. The molecule has 20 heavy (non-hydrogen) atoms. The molecule has 4 nitrogen and oxygen atoms in total. The van der Waals surface area contributed by atoms with Gasteiger partial charge in [0, 0.05) is 26.9 Å². The summed E-state index contributed by atoms with van der Waals surface area (Å²) in [5.74, 6) is 0.889. The van der Waals surface area contributed by atoms with Crippen molar-refractivity contribution in [3.8, 4) is 0 Å². The molecule has 1 amide bonds. The summed E-state index contributed by atoms with van der Waals surface area (Å²) in [7, 11) is 0. The molecule has 3 rings (SSSR count). The highest BCUT2D eigenvalue weighted by molar-refractivity contribution is 9.11. The summed E-state index contributed by atoms with van der Waals surface area (Å²) in [6.45, 7) is 0. The molecule has 1 atom stereocenters. The minimum absolute atomic E-state index is 0.0221. The minimum atomic E-state index is -0.130. The standard InChI is InChI=1S/C13H9Br2N3OS/c14-8-3-1-4-9(15)11(8)12-18(10(19)7-20-12)13-16-5-2-6-17-13/h1-6,12H,7H2. The van der Waals surface area contributed by atoms with E-state index >= 15 is 0 Å². The van der Waals surface area contributed by atoms with E-state index in [-0.39, 0.29) is 11.3 Å². The lowest BCUT2D eigenvalue weighted by Crippen LogP contribution is -2.29. The molecule has 0 bridgehead atoms. The number of amides is 1. The predicted octanol–water partition coefficient (Wildman–Crippen LogP) is 3.78. The van der Waals surface area contributed by atoms with Crippen molar-refractivity contribution < 1.29 is 4.79 Å². The lowest BCUT2D eigenvalue weighted by atomic mass is 10.2. The van der Waals surface area contributed by atoms with Crippen LogP contribution in [0.4, 0.5) is 5.95 Å². The molecule has 1 aliphatic heterocycles. The zero-order chi connectivity index (χ0) is 14.1. The number of nitrogens with zero attached hydrogens (tertiary/aromatic N) is 3. The number of thioether (sulfide) groups is 1. The number of halogens is 2. The zero-order valence-corrected chi connectivity index (χ0v) is 14.2. The maximum atomic E-state index is 12.2. The van der Waals surface area contributed by atoms with Gasteiger partial charge < -0.3 is 0 Å². The third kappa shape index (κ3) is 2.49. The van der Waals surface area contributed by atoms with Gasteiger partial charge in [-0.2, -0.15) is 0 Å². The number of hydrogen-bond donors (Lipinski definition) is 0. The summed E-state index contributed by atoms with van der Waals surface area (Å²) in [6, 6.07) is 7.62. The van der Waals surface area contributed by atoms with Crippen LogP contribution in [0.1, 0.15) is 10.9 Å². The number of aromatic nitrogens is 2. The molecule has 1 aliphatic rings. The van der Waals surface area contributed by atoms with E-state index in [4.69, 9.17) is 0 Å². The zero-order valence-electron chi connectivity index (χ0n) is 10.2. The Bertz CT molecular complexity index is 633. The monoisotopic (exact) mass is 413 g/mol. The van der Waals surface area contributed by atoms with Crippen LogP contribution in [-0.2, 0) is 4.79 Å². The van der Waals surface area contributed by atoms with E-state index in [2.05, 4.69) is 41.8 Å². The van der Waals surface area contributed by atoms with Crippen molar-refractivity contribution in [2.45, 2.75) is 5.37 Å². The number of benzene rings is 1. The van der Waals surface area contributed by atoms with Crippen LogP contribution < -0.4 is 4.90 Å². The van der Waals surface area contributed by atoms with Crippen LogP contribution in [0.5, 0.6) is 0 Å². The van der Waals surface area contributed by atoms with Crippen LogP contribution in [0.25, 0.3) is 0 Å². The minimum Gasteiger partial charge on any atom is -0.273 e. The molecule has 0 spiro atoms. The second-order valence-corrected chi connectivity index (χ2v) is 6.89. The van der Waals surface area contributed by atoms with Crippen molar-refractivity contribution >= 4 is 55.5 Å². The van der Waals surface area contributed by atoms with E-state index in [1.807, 2.05) is 18.2 Å². The van der Waals surface area contributed by atoms with Crippen molar-refractivity contribution in [2.75, 3.05) is 10.7 Å². The SMILES string of the molecule is O=C1CSC(c2c(Br)cccc2Br)N1c1ncccn1. The lowest BCUT2D eigenvalue weighted by molar-refractivity contribution is -0.115. The number of rotatable bonds is 2. The normalized spacial score (nSPS) is 18.6. The van der Waals surface area contributed by atoms with E-state index in [1.54, 1.807) is 35.1 Å². The van der Waals surface area contributed by atoms with Crippen LogP contribution in [0.15, 0.2) is 45.6 Å². The highest BCUT2D eigenvalue weighted by atomic mass is 79.9. The Kier molecular flexibility index (Phi) is 4.09. The number of anilines is 1. The number of carbonyl (C=O) groups excluding carboxylic acids is 1. The molecular formula is C13H9Br2N3OS. The average molecular weight is 415 g/mol. The molecule has 0 radical (unpaired) electrons. The fraction of sp³-hybridized carbons (Fsp3) is 0.154. The molecule has 1 unspecified atom stereocenters. The van der Waals surface area contributed by atoms with Gasteiger partial charge in [-0.1, -0.05) is 37.9 Å². The second-order valence-electron chi connectivity index (χ2n) is 4.11. The van der Waals surface area contributed by atoms with E-state index in [1.165, 1.54) is 0 Å². The van der Waals surface area contributed by atoms with Gasteiger partial charge in [0.05, 0.1) is 5.75 Å². The van der Waals surface area contributed by atoms with Gasteiger partial charge in [-0.25, -0.2) is 9.97 Å². The molecule has 0 aliphatic carbocycles. The Morgan fingerprint density at radius 2 is 1.80 bits per heavy atom. The van der Waals surface area contributed by atoms with Crippen LogP contribution in [0.2, 0.25) is 0 Å². The van der Waals surface area contributed by atoms with E-state index in [9.17, 15) is 4.79 Å². The molecular weight excluding hydrogens is 406 g/mol. The third-order valence-electron chi connectivity index (χ3n) is 2.88. The van der Waals surface area contributed by atoms with Gasteiger partial charge in [-0.05, 0) is 18.2 Å². The van der Waals surface area contributed by atoms with Crippen molar-refractivity contribution in [2.24, 2.45) is 0 Å². The first-order valence-electron chi connectivity index (χ1n) is 5.83. The quantitative estimate of drug-likeness (QED) is 0.750. The first-order chi connectivity index (χ1) is 9.68. The fourth-order valence-electron chi connectivity index (χ4n) is 2.02. The van der Waals surface area contributed by atoms with E-state index < -0.39 is 0 Å². The first-order valence-corrected chi connectivity index (χ1v) is 8.46. The van der Waals surface area contributed by atoms with Crippen molar-refractivity contribution in [3.05, 3.63) is 51.2 Å². The van der Waals surface area contributed by atoms with Gasteiger partial charge in [0.2, 0.25) is 11.9 Å². The summed E-state index contributed by atoms with van der Waals surface area (Å²) in [4.78, 5) is 22.2. The predicted molar refractivity (Wildman–Crippen MR) is 86.6 cm³/mol. The summed E-state index contributed by atoms with van der Waals surface area (Å²) in [5.41, 5.74) is 1.02. The first kappa shape index (κ1) is 14.0. The second kappa shape index (κ2) is 5.83. The molecule has 2 aromatic rings. The van der Waals surface area contributed by atoms with E-state index in [0.29, 0.717) is 11.7 Å². The van der Waals surface area contributed by atoms with Gasteiger partial charge in [-0.15, -0.1) is 11.8 Å². The largest absolute Gasteiger partial charge is 0.273 e. The van der Waals surface area contributed by atoms with Crippen molar-refractivity contribution in [1.29, 1.82) is 0 Å². The average Bonchev–Trinajstić information content (AvgIpc) is 2.81. The van der Waals surface area contributed by atoms with Crippen LogP contribution in [0.3, 0.4) is 0 Å². The Labute approximate surface area is 137 Å². The molecule has 1 saturated heterocycles. The molecule has 1 aromatic heterocycles. The van der Waals surface area contributed by atoms with Gasteiger partial charge in [-0.3, -0.25) is 9.69 Å². The number of hydrogen-bond acceptors (Lipinski definition) is 4. The summed E-state index contributed by atoms with van der Waals surface area (Å²) in [5, 5.41) is -0.130. The topological polar surface area (TPSA) is 46.1 Å². The molecule has 2 heterocycles. The summed E-state index contributed by atoms with van der Waals surface area (Å²) in [6.07, 6.45) is 3.29. The smallest absolute Gasteiger partial charge is 0.240 e. The highest BCUT2D eigenvalue weighted by Gasteiger charge is 2.37. The Balaban J connectivity index is 2.07. The Hall–Kier alpha value is -0.920. The summed E-state index contributed by atoms with van der Waals surface area (Å²) >= 11 is 8.68. The van der Waals surface area contributed by atoms with Crippen LogP contribution in [-0.4, -0.2) is 21.6 Å². The summed E-state index contributed by atoms with van der Waals surface area (Å²) < 4.78 is 1.92. The highest BCUT2D eigenvalue weighted by Crippen LogP contribution is 2.45. The lowest BCUT2D eigenvalue weighted by Gasteiger charge is -2.23. The van der Waals surface area contributed by atoms with Crippen molar-refractivity contribution in [3.63, 3.8) is 0 Å². The van der Waals surface area contributed by atoms with Crippen LogP contribution >= 0.6 is 43.6 Å². The fourth-order valence-corrected chi connectivity index (χ4v) is 4.97. The van der Waals surface area contributed by atoms with Crippen LogP contribution in [0, 0.1) is 0 Å². The number of carbonyl (C=O) groups is 1. The molecule has 7 heteroatoms. The third-order valence-corrected chi connectivity index (χ3v) is 5.44. The Morgan fingerprint density at radius 1 is 1.15 bits per heavy atom. The maximum Gasteiger partial charge on any atom is 0.240 e. The molecule has 102 valence electrons. The molecule has 1 fully saturated rings.